The molecule has 9 nitrogen and oxygen atoms in total. The molecule has 0 saturated carbocycles. The number of nitriles is 2. The number of benzene rings is 1. The Morgan fingerprint density at radius 2 is 1.57 bits per heavy atom. The number of hydrogen-bond acceptors (Lipinski definition) is 9. The fourth-order valence-corrected chi connectivity index (χ4v) is 3.85. The second-order valence-corrected chi connectivity index (χ2v) is 8.73. The molecule has 0 saturated heterocycles. The Bertz CT molecular complexity index is 1160. The monoisotopic (exact) mass is 494 g/mol. The van der Waals surface area contributed by atoms with Crippen LogP contribution in [0.3, 0.4) is 0 Å². The van der Waals surface area contributed by atoms with Crippen LogP contribution in [0.5, 0.6) is 0 Å². The van der Waals surface area contributed by atoms with E-state index < -0.39 is 11.9 Å². The van der Waals surface area contributed by atoms with E-state index >= 15 is 0 Å². The third-order valence-electron chi connectivity index (χ3n) is 4.88. The number of nitrogens with two attached hydrogens (primary N) is 1. The molecule has 1 aromatic carbocycles. The topological polar surface area (TPSA) is 132 Å². The number of rotatable bonds is 12. The number of carbonyl (C=O) groups excluding carboxylic acids is 2. The zero-order valence-corrected chi connectivity index (χ0v) is 20.8. The minimum atomic E-state index is -0.464. The van der Waals surface area contributed by atoms with Crippen molar-refractivity contribution in [1.82, 2.24) is 0 Å². The lowest BCUT2D eigenvalue weighted by Crippen LogP contribution is -2.82. The zero-order chi connectivity index (χ0) is 26.0. The van der Waals surface area contributed by atoms with Crippen molar-refractivity contribution < 1.29 is 24.5 Å². The molecule has 0 aliphatic rings. The summed E-state index contributed by atoms with van der Waals surface area (Å²) in [5.74, 6) is -0.928. The van der Waals surface area contributed by atoms with Crippen LogP contribution >= 0.6 is 11.3 Å². The summed E-state index contributed by atoms with van der Waals surface area (Å²) in [6.07, 6.45) is 0. The van der Waals surface area contributed by atoms with Gasteiger partial charge in [-0.05, 0) is 45.0 Å². The second kappa shape index (κ2) is 12.9. The standard InChI is InChI=1S/C25H27N5O4S/c1-16(2)24(31)33-12-10-30(11-13-34-25(32)17(3)4)20-8-6-19(7-9-20)28-29-23-21(14-26)18(5)22(15-27)35-23/h6-9,28-29H,1,3,10-13H2,2,4-5H3/p+1. The Hall–Kier alpha value is -4.12. The Morgan fingerprint density at radius 3 is 2.03 bits per heavy atom. The van der Waals surface area contributed by atoms with Gasteiger partial charge in [-0.2, -0.15) is 10.5 Å². The summed E-state index contributed by atoms with van der Waals surface area (Å²) in [5.41, 5.74) is 8.28. The summed E-state index contributed by atoms with van der Waals surface area (Å²) >= 11 is 1.26. The smallest absolute Gasteiger partial charge is 0.333 e. The summed E-state index contributed by atoms with van der Waals surface area (Å²) in [6.45, 7) is 13.1. The Labute approximate surface area is 208 Å². The zero-order valence-electron chi connectivity index (χ0n) is 20.0. The highest BCUT2D eigenvalue weighted by Crippen LogP contribution is 2.28. The van der Waals surface area contributed by atoms with Crippen molar-refractivity contribution in [3.63, 3.8) is 0 Å². The van der Waals surface area contributed by atoms with Gasteiger partial charge in [0.15, 0.2) is 0 Å². The van der Waals surface area contributed by atoms with Crippen molar-refractivity contribution in [3.8, 4) is 12.1 Å². The molecule has 0 unspecified atom stereocenters. The normalized spacial score (nSPS) is 9.97. The van der Waals surface area contributed by atoms with Crippen molar-refractivity contribution in [2.24, 2.45) is 0 Å². The van der Waals surface area contributed by atoms with E-state index in [9.17, 15) is 20.1 Å². The third-order valence-corrected chi connectivity index (χ3v) is 6.02. The molecule has 1 heterocycles. The van der Waals surface area contributed by atoms with Gasteiger partial charge in [-0.15, -0.1) is 0 Å². The first-order chi connectivity index (χ1) is 16.7. The number of esters is 2. The summed E-state index contributed by atoms with van der Waals surface area (Å²) in [7, 11) is 0. The molecule has 10 heteroatoms. The molecule has 182 valence electrons. The molecule has 0 fully saturated rings. The number of ether oxygens (including phenoxy) is 2. The predicted octanol–water partition coefficient (Wildman–Crippen LogP) is 3.07. The molecule has 2 aromatic rings. The third kappa shape index (κ3) is 7.71. The lowest BCUT2D eigenvalue weighted by Gasteiger charge is -2.24. The van der Waals surface area contributed by atoms with E-state index in [0.29, 0.717) is 45.2 Å². The molecule has 0 radical (unpaired) electrons. The summed E-state index contributed by atoms with van der Waals surface area (Å²) in [5, 5.41) is 19.3. The maximum Gasteiger partial charge on any atom is 0.333 e. The quantitative estimate of drug-likeness (QED) is 0.199. The number of anilines is 2. The number of carbonyl (C=O) groups is 2. The first-order valence-electron chi connectivity index (χ1n) is 10.7. The SMILES string of the molecule is C=C(C)C(=O)OCCN(CCOC(=O)C(=C)C)c1ccc(N[NH2+]c2sc(C#N)c(C)c2C#N)cc1. The summed E-state index contributed by atoms with van der Waals surface area (Å²) in [4.78, 5) is 25.8. The van der Waals surface area contributed by atoms with Gasteiger partial charge in [-0.25, -0.2) is 20.4 Å². The van der Waals surface area contributed by atoms with E-state index in [0.717, 1.165) is 11.4 Å². The van der Waals surface area contributed by atoms with Crippen LogP contribution in [-0.2, 0) is 19.1 Å². The minimum Gasteiger partial charge on any atom is -0.460 e. The first kappa shape index (κ1) is 27.1. The average Bonchev–Trinajstić information content (AvgIpc) is 3.15. The highest BCUT2D eigenvalue weighted by Gasteiger charge is 2.18. The van der Waals surface area contributed by atoms with Crippen LogP contribution in [0.4, 0.5) is 16.4 Å². The van der Waals surface area contributed by atoms with Gasteiger partial charge in [-0.3, -0.25) is 0 Å². The largest absolute Gasteiger partial charge is 0.460 e. The van der Waals surface area contributed by atoms with Gasteiger partial charge in [0.2, 0.25) is 5.00 Å². The fourth-order valence-electron chi connectivity index (χ4n) is 2.91. The molecule has 0 spiro atoms. The van der Waals surface area contributed by atoms with Crippen molar-refractivity contribution >= 4 is 39.7 Å². The molecule has 0 amide bonds. The molecule has 0 aliphatic heterocycles. The van der Waals surface area contributed by atoms with Crippen molar-refractivity contribution in [2.45, 2.75) is 20.8 Å². The van der Waals surface area contributed by atoms with Crippen LogP contribution in [0.2, 0.25) is 0 Å². The van der Waals surface area contributed by atoms with E-state index in [1.807, 2.05) is 29.2 Å². The van der Waals surface area contributed by atoms with E-state index in [-0.39, 0.29) is 13.2 Å². The molecule has 1 aromatic heterocycles. The number of thiophene rings is 1. The summed E-state index contributed by atoms with van der Waals surface area (Å²) < 4.78 is 10.4. The molecule has 35 heavy (non-hydrogen) atoms. The first-order valence-corrected chi connectivity index (χ1v) is 11.5. The van der Waals surface area contributed by atoms with Gasteiger partial charge in [-0.1, -0.05) is 24.5 Å². The van der Waals surface area contributed by atoms with Crippen LogP contribution in [0.1, 0.15) is 29.9 Å². The Morgan fingerprint density at radius 1 is 1.03 bits per heavy atom. The average molecular weight is 495 g/mol. The molecular weight excluding hydrogens is 466 g/mol. The van der Waals surface area contributed by atoms with E-state index in [1.54, 1.807) is 26.2 Å². The molecule has 0 bridgehead atoms. The van der Waals surface area contributed by atoms with Gasteiger partial charge in [0, 0.05) is 22.4 Å². The second-order valence-electron chi connectivity index (χ2n) is 7.67. The lowest BCUT2D eigenvalue weighted by molar-refractivity contribution is -0.534. The van der Waals surface area contributed by atoms with Gasteiger partial charge in [0.1, 0.15) is 35.8 Å². The highest BCUT2D eigenvalue weighted by atomic mass is 32.1. The minimum absolute atomic E-state index is 0.143. The molecule has 3 N–H and O–H groups in total. The van der Waals surface area contributed by atoms with Gasteiger partial charge >= 0.3 is 11.9 Å². The summed E-state index contributed by atoms with van der Waals surface area (Å²) in [6, 6.07) is 11.7. The van der Waals surface area contributed by atoms with Crippen molar-refractivity contribution in [2.75, 3.05) is 36.6 Å². The number of quaternary nitrogens is 1. The van der Waals surface area contributed by atoms with Crippen LogP contribution < -0.4 is 15.8 Å². The van der Waals surface area contributed by atoms with Crippen LogP contribution in [0.25, 0.3) is 0 Å². The Balaban J connectivity index is 2.06. The number of nitrogens with zero attached hydrogens (tertiary/aromatic N) is 3. The van der Waals surface area contributed by atoms with Crippen LogP contribution in [0, 0.1) is 29.6 Å². The number of nitrogens with one attached hydrogen (secondary N) is 1. The number of hydrogen-bond donors (Lipinski definition) is 2. The lowest BCUT2D eigenvalue weighted by atomic mass is 10.2. The molecular formula is C25H28N5O4S+. The highest BCUT2D eigenvalue weighted by molar-refractivity contribution is 7.16. The van der Waals surface area contributed by atoms with Crippen LogP contribution in [-0.4, -0.2) is 38.2 Å². The van der Waals surface area contributed by atoms with Crippen molar-refractivity contribution in [1.29, 1.82) is 10.5 Å². The maximum atomic E-state index is 11.7. The van der Waals surface area contributed by atoms with Crippen LogP contribution in [0.15, 0.2) is 48.6 Å². The van der Waals surface area contributed by atoms with Crippen molar-refractivity contribution in [3.05, 3.63) is 64.6 Å². The van der Waals surface area contributed by atoms with Gasteiger partial charge in [0.05, 0.1) is 18.8 Å². The molecule has 0 aliphatic carbocycles. The number of nitrogen functional groups attached to an aromatic ring is 1. The predicted molar refractivity (Wildman–Crippen MR) is 134 cm³/mol. The Kier molecular flexibility index (Phi) is 10.0. The maximum absolute atomic E-state index is 11.7. The van der Waals surface area contributed by atoms with Gasteiger partial charge < -0.3 is 14.4 Å². The van der Waals surface area contributed by atoms with E-state index in [1.165, 1.54) is 11.3 Å². The van der Waals surface area contributed by atoms with E-state index in [4.69, 9.17) is 9.47 Å². The van der Waals surface area contributed by atoms with E-state index in [2.05, 4.69) is 30.7 Å². The fraction of sp³-hybridized carbons (Fsp3) is 0.280. The molecule has 0 atom stereocenters. The molecule has 2 rings (SSSR count). The van der Waals surface area contributed by atoms with Gasteiger partial charge in [0.25, 0.3) is 0 Å².